The number of benzene rings is 1. The van der Waals surface area contributed by atoms with Crippen molar-refractivity contribution < 1.29 is 0 Å². The molecule has 26 heavy (non-hydrogen) atoms. The monoisotopic (exact) mass is 363 g/mol. The number of aryl methyl sites for hydroxylation is 1. The number of rotatable bonds is 2. The van der Waals surface area contributed by atoms with Gasteiger partial charge in [-0.05, 0) is 50.4 Å². The van der Waals surface area contributed by atoms with Gasteiger partial charge in [-0.15, -0.1) is 0 Å². The van der Waals surface area contributed by atoms with E-state index in [-0.39, 0.29) is 0 Å². The molecule has 1 aromatic carbocycles. The fourth-order valence-corrected chi connectivity index (χ4v) is 5.74. The van der Waals surface area contributed by atoms with Crippen LogP contribution in [-0.4, -0.2) is 51.5 Å². The average molecular weight is 364 g/mol. The molecule has 0 aliphatic carbocycles. The van der Waals surface area contributed by atoms with Crippen molar-refractivity contribution in [2.24, 2.45) is 5.92 Å². The van der Waals surface area contributed by atoms with Crippen molar-refractivity contribution in [3.05, 3.63) is 65.5 Å². The number of nitrogens with zero attached hydrogens (tertiary/aromatic N) is 3. The fraction of sp³-hybridized carbons (Fsp3) is 0.455. The molecule has 0 amide bonds. The van der Waals surface area contributed by atoms with Gasteiger partial charge in [-0.1, -0.05) is 48.1 Å². The van der Waals surface area contributed by atoms with E-state index in [4.69, 9.17) is 12.2 Å². The van der Waals surface area contributed by atoms with Gasteiger partial charge in [0.1, 0.15) is 4.99 Å². The van der Waals surface area contributed by atoms with Crippen molar-refractivity contribution in [1.29, 1.82) is 0 Å². The number of pyridine rings is 1. The topological polar surface area (TPSA) is 19.4 Å². The Kier molecular flexibility index (Phi) is 4.06. The molecule has 4 aliphatic heterocycles. The number of piperidine rings is 3. The van der Waals surface area contributed by atoms with Crippen LogP contribution < -0.4 is 0 Å². The van der Waals surface area contributed by atoms with E-state index in [1.165, 1.54) is 42.6 Å². The highest BCUT2D eigenvalue weighted by molar-refractivity contribution is 7.80. The van der Waals surface area contributed by atoms with Gasteiger partial charge in [0.15, 0.2) is 0 Å². The molecular weight excluding hydrogens is 338 g/mol. The molecule has 0 saturated carbocycles. The molecule has 134 valence electrons. The molecule has 4 heteroatoms. The Balaban J connectivity index is 1.52. The van der Waals surface area contributed by atoms with Crippen LogP contribution in [0.25, 0.3) is 0 Å². The van der Waals surface area contributed by atoms with E-state index in [1.54, 1.807) is 0 Å². The van der Waals surface area contributed by atoms with Gasteiger partial charge in [-0.3, -0.25) is 9.88 Å². The summed E-state index contributed by atoms with van der Waals surface area (Å²) in [5.74, 6) is 1.27. The van der Waals surface area contributed by atoms with Crippen LogP contribution in [0.1, 0.15) is 35.4 Å². The summed E-state index contributed by atoms with van der Waals surface area (Å²) < 4.78 is 0. The zero-order chi connectivity index (χ0) is 17.7. The largest absolute Gasteiger partial charge is 0.357 e. The van der Waals surface area contributed by atoms with Crippen molar-refractivity contribution in [2.75, 3.05) is 19.6 Å². The molecule has 4 aliphatic rings. The molecule has 4 fully saturated rings. The summed E-state index contributed by atoms with van der Waals surface area (Å²) in [4.78, 5) is 10.7. The summed E-state index contributed by atoms with van der Waals surface area (Å²) >= 11 is 6.00. The van der Waals surface area contributed by atoms with Gasteiger partial charge in [-0.25, -0.2) is 0 Å². The number of thiocarbonyl (C=S) groups is 1. The molecule has 6 rings (SSSR count). The maximum atomic E-state index is 6.00. The van der Waals surface area contributed by atoms with E-state index < -0.39 is 0 Å². The Morgan fingerprint density at radius 1 is 1.08 bits per heavy atom. The minimum atomic E-state index is 0.500. The van der Waals surface area contributed by atoms with Crippen LogP contribution in [-0.2, 0) is 0 Å². The first-order valence-electron chi connectivity index (χ1n) is 9.74. The summed E-state index contributed by atoms with van der Waals surface area (Å²) in [7, 11) is 0. The van der Waals surface area contributed by atoms with Crippen LogP contribution in [0.15, 0.2) is 48.8 Å². The lowest BCUT2D eigenvalue weighted by Crippen LogP contribution is -2.60. The maximum Gasteiger partial charge on any atom is 0.109 e. The van der Waals surface area contributed by atoms with Crippen molar-refractivity contribution in [1.82, 2.24) is 14.8 Å². The zero-order valence-electron chi connectivity index (χ0n) is 15.2. The van der Waals surface area contributed by atoms with Gasteiger partial charge in [-0.2, -0.15) is 0 Å². The number of hydrogen-bond acceptors (Lipinski definition) is 3. The average Bonchev–Trinajstić information content (AvgIpc) is 3.12. The Morgan fingerprint density at radius 3 is 2.54 bits per heavy atom. The third-order valence-electron chi connectivity index (χ3n) is 6.67. The van der Waals surface area contributed by atoms with Crippen LogP contribution in [0.4, 0.5) is 0 Å². The molecule has 0 radical (unpaired) electrons. The maximum absolute atomic E-state index is 6.00. The van der Waals surface area contributed by atoms with Crippen molar-refractivity contribution in [3.8, 4) is 0 Å². The highest BCUT2D eigenvalue weighted by Gasteiger charge is 2.53. The standard InChI is InChI=1S/C22H25N3S/c1-15-4-6-17(7-5-15)22(26)25-14-19(18-3-2-10-23-13-18)21-20(25)16-8-11-24(21)12-9-16/h2-7,10,13,16,19-21H,8-9,11-12,14H2,1H3. The van der Waals surface area contributed by atoms with E-state index in [1.807, 2.05) is 6.20 Å². The van der Waals surface area contributed by atoms with E-state index in [0.29, 0.717) is 18.0 Å². The van der Waals surface area contributed by atoms with Crippen LogP contribution in [0.3, 0.4) is 0 Å². The first-order valence-corrected chi connectivity index (χ1v) is 10.1. The van der Waals surface area contributed by atoms with E-state index in [2.05, 4.69) is 64.3 Å². The van der Waals surface area contributed by atoms with Crippen molar-refractivity contribution in [2.45, 2.75) is 37.8 Å². The van der Waals surface area contributed by atoms with E-state index in [0.717, 1.165) is 17.5 Å². The van der Waals surface area contributed by atoms with Crippen LogP contribution in [0, 0.1) is 12.8 Å². The molecule has 3 unspecified atom stereocenters. The molecular formula is C22H25N3S. The highest BCUT2D eigenvalue weighted by atomic mass is 32.1. The van der Waals surface area contributed by atoms with Gasteiger partial charge >= 0.3 is 0 Å². The molecule has 2 aromatic rings. The van der Waals surface area contributed by atoms with Crippen LogP contribution >= 0.6 is 12.2 Å². The highest BCUT2D eigenvalue weighted by Crippen LogP contribution is 2.46. The second-order valence-electron chi connectivity index (χ2n) is 8.07. The molecule has 5 heterocycles. The summed E-state index contributed by atoms with van der Waals surface area (Å²) in [6.45, 7) is 5.63. The Bertz CT molecular complexity index is 796. The normalized spacial score (nSPS) is 32.5. The predicted octanol–water partition coefficient (Wildman–Crippen LogP) is 3.63. The van der Waals surface area contributed by atoms with Gasteiger partial charge < -0.3 is 4.90 Å². The molecule has 3 nitrogen and oxygen atoms in total. The van der Waals surface area contributed by atoms with Gasteiger partial charge in [0.2, 0.25) is 0 Å². The third-order valence-corrected chi connectivity index (χ3v) is 7.14. The third kappa shape index (κ3) is 2.58. The van der Waals surface area contributed by atoms with E-state index in [9.17, 15) is 0 Å². The number of fused-ring (bicyclic) bond motifs is 2. The number of aromatic nitrogens is 1. The van der Waals surface area contributed by atoms with Gasteiger partial charge in [0.25, 0.3) is 0 Å². The lowest BCUT2D eigenvalue weighted by molar-refractivity contribution is 0.0101. The fourth-order valence-electron chi connectivity index (χ4n) is 5.41. The minimum absolute atomic E-state index is 0.500. The number of hydrogen-bond donors (Lipinski definition) is 0. The SMILES string of the molecule is Cc1ccc(C(=S)N2CC(c3cccnc3)C3C2C2CCN3CC2)cc1. The molecule has 4 saturated heterocycles. The second kappa shape index (κ2) is 6.43. The number of likely N-dealkylation sites (tertiary alicyclic amines) is 1. The zero-order valence-corrected chi connectivity index (χ0v) is 16.0. The van der Waals surface area contributed by atoms with Crippen LogP contribution in [0.2, 0.25) is 0 Å². The lowest BCUT2D eigenvalue weighted by Gasteiger charge is -2.51. The molecule has 0 spiro atoms. The quantitative estimate of drug-likeness (QED) is 0.759. The van der Waals surface area contributed by atoms with E-state index >= 15 is 0 Å². The Labute approximate surface area is 161 Å². The second-order valence-corrected chi connectivity index (χ2v) is 8.46. The molecule has 1 aromatic heterocycles. The van der Waals surface area contributed by atoms with Gasteiger partial charge in [0.05, 0.1) is 0 Å². The summed E-state index contributed by atoms with van der Waals surface area (Å²) in [5.41, 5.74) is 3.84. The van der Waals surface area contributed by atoms with Gasteiger partial charge in [0, 0.05) is 42.5 Å². The summed E-state index contributed by atoms with van der Waals surface area (Å²) in [6.07, 6.45) is 6.56. The minimum Gasteiger partial charge on any atom is -0.357 e. The van der Waals surface area contributed by atoms with Crippen molar-refractivity contribution >= 4 is 17.2 Å². The molecule has 2 bridgehead atoms. The first-order chi connectivity index (χ1) is 12.7. The lowest BCUT2D eigenvalue weighted by atomic mass is 9.75. The predicted molar refractivity (Wildman–Crippen MR) is 108 cm³/mol. The summed E-state index contributed by atoms with van der Waals surface area (Å²) in [5, 5.41) is 0. The summed E-state index contributed by atoms with van der Waals surface area (Å²) in [6, 6.07) is 14.2. The van der Waals surface area contributed by atoms with Crippen molar-refractivity contribution in [3.63, 3.8) is 0 Å². The Morgan fingerprint density at radius 2 is 1.85 bits per heavy atom. The smallest absolute Gasteiger partial charge is 0.109 e. The van der Waals surface area contributed by atoms with Crippen LogP contribution in [0.5, 0.6) is 0 Å². The first kappa shape index (κ1) is 16.4. The molecule has 3 atom stereocenters. The Hall–Kier alpha value is -1.78. The molecule has 0 N–H and O–H groups in total.